The Kier molecular flexibility index (Phi) is 8.26. The third kappa shape index (κ3) is 5.55. The molecule has 1 aliphatic heterocycles. The van der Waals surface area contributed by atoms with Crippen LogP contribution in [0.1, 0.15) is 82.0 Å². The molecule has 220 valence electrons. The van der Waals surface area contributed by atoms with Crippen LogP contribution in [0.25, 0.3) is 11.6 Å². The van der Waals surface area contributed by atoms with Crippen LogP contribution in [0.4, 0.5) is 0 Å². The van der Waals surface area contributed by atoms with Gasteiger partial charge >= 0.3 is 7.12 Å². The first-order chi connectivity index (χ1) is 20.8. The van der Waals surface area contributed by atoms with E-state index in [-0.39, 0.29) is 29.5 Å². The first-order valence-corrected chi connectivity index (χ1v) is 15.6. The Morgan fingerprint density at radius 1 is 0.953 bits per heavy atom. The number of hydrogen-bond acceptors (Lipinski definition) is 5. The van der Waals surface area contributed by atoms with Crippen molar-refractivity contribution in [2.45, 2.75) is 65.3 Å². The van der Waals surface area contributed by atoms with E-state index in [9.17, 15) is 19.7 Å². The Labute approximate surface area is 254 Å². The Bertz CT molecular complexity index is 1600. The molecule has 4 atom stereocenters. The highest BCUT2D eigenvalue weighted by molar-refractivity contribution is 6.43. The van der Waals surface area contributed by atoms with Crippen LogP contribution in [0.5, 0.6) is 5.75 Å². The molecule has 3 aromatic rings. The predicted octanol–water partition coefficient (Wildman–Crippen LogP) is 7.64. The summed E-state index contributed by atoms with van der Waals surface area (Å²) in [4.78, 5) is 27.6. The number of phenols is 1. The fourth-order valence-electron chi connectivity index (χ4n) is 7.72. The third-order valence-electron chi connectivity index (χ3n) is 9.59. The SMILES string of the molecule is CCCC1=C2[C@@H](CC/C(=C/c3cc(C)c(O)c(C)c3)c3ccccc3)OB(O)C[C@@H]2[C@@H]2C(=O)c3ccccc3C(=O)[C@@H]2C1. The zero-order chi connectivity index (χ0) is 30.2. The highest BCUT2D eigenvalue weighted by atomic mass is 16.5. The van der Waals surface area contributed by atoms with E-state index in [1.165, 1.54) is 5.57 Å². The maximum atomic E-state index is 13.9. The number of ketones is 2. The first kappa shape index (κ1) is 29.3. The van der Waals surface area contributed by atoms with Gasteiger partial charge in [0.05, 0.1) is 6.10 Å². The summed E-state index contributed by atoms with van der Waals surface area (Å²) in [7, 11) is -0.994. The fraction of sp³-hybridized carbons (Fsp3) is 0.351. The maximum absolute atomic E-state index is 13.9. The van der Waals surface area contributed by atoms with Crippen LogP contribution in [0.15, 0.2) is 77.9 Å². The number of allylic oxidation sites excluding steroid dienone is 2. The van der Waals surface area contributed by atoms with Crippen molar-refractivity contribution in [3.8, 4) is 5.75 Å². The van der Waals surface area contributed by atoms with E-state index in [1.54, 1.807) is 12.1 Å². The van der Waals surface area contributed by atoms with Crippen molar-refractivity contribution in [2.24, 2.45) is 17.8 Å². The van der Waals surface area contributed by atoms with Crippen LogP contribution in [0.2, 0.25) is 6.32 Å². The van der Waals surface area contributed by atoms with Gasteiger partial charge in [-0.15, -0.1) is 0 Å². The quantitative estimate of drug-likeness (QED) is 0.172. The molecule has 3 aromatic carbocycles. The highest BCUT2D eigenvalue weighted by Crippen LogP contribution is 2.51. The smallest absolute Gasteiger partial charge is 0.455 e. The van der Waals surface area contributed by atoms with Crippen molar-refractivity contribution >= 4 is 30.3 Å². The van der Waals surface area contributed by atoms with Gasteiger partial charge in [0.1, 0.15) is 5.75 Å². The lowest BCUT2D eigenvalue weighted by molar-refractivity contribution is 0.0599. The summed E-state index contributed by atoms with van der Waals surface area (Å²) in [6.45, 7) is 5.96. The molecule has 0 unspecified atom stereocenters. The normalized spacial score (nSPS) is 23.6. The first-order valence-electron chi connectivity index (χ1n) is 15.6. The molecule has 6 rings (SSSR count). The molecule has 0 radical (unpaired) electrons. The van der Waals surface area contributed by atoms with Gasteiger partial charge in [0.2, 0.25) is 0 Å². The topological polar surface area (TPSA) is 83.8 Å². The second-order valence-electron chi connectivity index (χ2n) is 12.4. The second kappa shape index (κ2) is 12.1. The number of aromatic hydroxyl groups is 1. The predicted molar refractivity (Wildman–Crippen MR) is 171 cm³/mol. The van der Waals surface area contributed by atoms with Crippen LogP contribution in [0, 0.1) is 31.6 Å². The largest absolute Gasteiger partial charge is 0.507 e. The van der Waals surface area contributed by atoms with E-state index in [2.05, 4.69) is 25.1 Å². The van der Waals surface area contributed by atoms with E-state index >= 15 is 0 Å². The summed E-state index contributed by atoms with van der Waals surface area (Å²) in [5, 5.41) is 21.3. The molecule has 3 aliphatic rings. The zero-order valence-electron chi connectivity index (χ0n) is 25.2. The van der Waals surface area contributed by atoms with E-state index in [1.807, 2.05) is 56.3 Å². The molecule has 2 N–H and O–H groups in total. The minimum absolute atomic E-state index is 0.0223. The molecule has 0 amide bonds. The number of rotatable bonds is 7. The van der Waals surface area contributed by atoms with Crippen LogP contribution < -0.4 is 0 Å². The van der Waals surface area contributed by atoms with Crippen LogP contribution in [-0.2, 0) is 4.65 Å². The van der Waals surface area contributed by atoms with Gasteiger partial charge in [-0.3, -0.25) is 9.59 Å². The second-order valence-corrected chi connectivity index (χ2v) is 12.4. The molecule has 43 heavy (non-hydrogen) atoms. The van der Waals surface area contributed by atoms with Gasteiger partial charge in [0.25, 0.3) is 0 Å². The number of fused-ring (bicyclic) bond motifs is 4. The van der Waals surface area contributed by atoms with Gasteiger partial charge in [-0.25, -0.2) is 0 Å². The lowest BCUT2D eigenvalue weighted by atomic mass is 9.54. The summed E-state index contributed by atoms with van der Waals surface area (Å²) in [6.07, 6.45) is 5.85. The Morgan fingerprint density at radius 3 is 2.28 bits per heavy atom. The van der Waals surface area contributed by atoms with Crippen molar-refractivity contribution in [2.75, 3.05) is 0 Å². The van der Waals surface area contributed by atoms with Crippen molar-refractivity contribution in [3.63, 3.8) is 0 Å². The Hall–Kier alpha value is -3.74. The molecule has 1 fully saturated rings. The summed E-state index contributed by atoms with van der Waals surface area (Å²) >= 11 is 0. The number of aryl methyl sites for hydroxylation is 2. The fourth-order valence-corrected chi connectivity index (χ4v) is 7.72. The standard InChI is InChI=1S/C37H39BO5/c1-4-10-27-20-30-34(37(41)29-14-9-8-13-28(29)36(30)40)31-21-38(42)43-32(33(27)31)16-15-26(25-11-6-5-7-12-25)19-24-17-22(2)35(39)23(3)18-24/h5-9,11-14,17-19,30-32,34,39,42H,4,10,15-16,20-21H2,1-3H3/b26-19-/t30-,31+,32-,34-/m1/s1. The van der Waals surface area contributed by atoms with Gasteiger partial charge in [-0.2, -0.15) is 0 Å². The Morgan fingerprint density at radius 2 is 1.60 bits per heavy atom. The van der Waals surface area contributed by atoms with Crippen molar-refractivity contribution < 1.29 is 24.4 Å². The van der Waals surface area contributed by atoms with Gasteiger partial charge < -0.3 is 14.8 Å². The number of carbonyl (C=O) groups is 2. The van der Waals surface area contributed by atoms with Crippen LogP contribution in [0.3, 0.4) is 0 Å². The van der Waals surface area contributed by atoms with Gasteiger partial charge in [0.15, 0.2) is 11.6 Å². The average Bonchev–Trinajstić information content (AvgIpc) is 3.00. The molecule has 1 heterocycles. The molecule has 1 saturated heterocycles. The number of hydrogen-bond donors (Lipinski definition) is 2. The van der Waals surface area contributed by atoms with Gasteiger partial charge in [-0.1, -0.05) is 79.6 Å². The number of phenolic OH excluding ortho intramolecular Hbond substituents is 1. The van der Waals surface area contributed by atoms with E-state index in [4.69, 9.17) is 4.65 Å². The van der Waals surface area contributed by atoms with Gasteiger partial charge in [0, 0.05) is 23.0 Å². The minimum atomic E-state index is -0.994. The molecule has 5 nitrogen and oxygen atoms in total. The molecule has 0 bridgehead atoms. The molecule has 0 aromatic heterocycles. The molecular formula is C37H39BO5. The van der Waals surface area contributed by atoms with Crippen molar-refractivity contribution in [3.05, 3.63) is 111 Å². The number of Topliss-reactive ketones (excluding diaryl/α,β-unsaturated/α-hetero) is 2. The zero-order valence-corrected chi connectivity index (χ0v) is 25.2. The highest BCUT2D eigenvalue weighted by Gasteiger charge is 2.53. The lowest BCUT2D eigenvalue weighted by Crippen LogP contribution is -2.50. The maximum Gasteiger partial charge on any atom is 0.455 e. The van der Waals surface area contributed by atoms with Crippen molar-refractivity contribution in [1.82, 2.24) is 0 Å². The monoisotopic (exact) mass is 574 g/mol. The summed E-state index contributed by atoms with van der Waals surface area (Å²) < 4.78 is 6.28. The van der Waals surface area contributed by atoms with Crippen molar-refractivity contribution in [1.29, 1.82) is 0 Å². The summed E-state index contributed by atoms with van der Waals surface area (Å²) in [5.41, 5.74) is 8.33. The van der Waals surface area contributed by atoms with Crippen LogP contribution >= 0.6 is 0 Å². The Balaban J connectivity index is 1.36. The van der Waals surface area contributed by atoms with E-state index in [0.29, 0.717) is 42.5 Å². The lowest BCUT2D eigenvalue weighted by Gasteiger charge is -2.47. The minimum Gasteiger partial charge on any atom is -0.507 e. The van der Waals surface area contributed by atoms with Gasteiger partial charge in [-0.05, 0) is 97.3 Å². The summed E-state index contributed by atoms with van der Waals surface area (Å²) in [5.74, 6) is -0.674. The van der Waals surface area contributed by atoms with E-state index in [0.717, 1.165) is 46.2 Å². The molecular weight excluding hydrogens is 535 g/mol. The average molecular weight is 575 g/mol. The summed E-state index contributed by atoms with van der Waals surface area (Å²) in [6, 6.07) is 21.4. The number of benzene rings is 3. The molecule has 0 saturated carbocycles. The van der Waals surface area contributed by atoms with Crippen LogP contribution in [-0.4, -0.2) is 34.9 Å². The molecule has 0 spiro atoms. The molecule has 2 aliphatic carbocycles. The number of carbonyl (C=O) groups excluding carboxylic acids is 2. The molecule has 6 heteroatoms. The third-order valence-corrected chi connectivity index (χ3v) is 9.59. The van der Waals surface area contributed by atoms with E-state index < -0.39 is 13.0 Å².